The molecule has 156 valence electrons. The van der Waals surface area contributed by atoms with Crippen LogP contribution in [0.15, 0.2) is 46.1 Å². The van der Waals surface area contributed by atoms with Crippen LogP contribution in [0, 0.1) is 26.7 Å². The highest BCUT2D eigenvalue weighted by Gasteiger charge is 2.20. The third-order valence-electron chi connectivity index (χ3n) is 6.76. The van der Waals surface area contributed by atoms with E-state index in [2.05, 4.69) is 94.4 Å². The second kappa shape index (κ2) is 10.8. The van der Waals surface area contributed by atoms with Crippen molar-refractivity contribution >= 4 is 0 Å². The maximum absolute atomic E-state index is 2.46. The van der Waals surface area contributed by atoms with Crippen molar-refractivity contribution in [3.8, 4) is 0 Å². The number of aryl methyl sites for hydroxylation is 2. The minimum atomic E-state index is 0.558. The average molecular weight is 381 g/mol. The summed E-state index contributed by atoms with van der Waals surface area (Å²) in [6, 6.07) is 4.55. The summed E-state index contributed by atoms with van der Waals surface area (Å²) in [5.74, 6) is 1.17. The molecule has 0 aliphatic rings. The third-order valence-corrected chi connectivity index (χ3v) is 6.76. The van der Waals surface area contributed by atoms with Gasteiger partial charge in [0.1, 0.15) is 0 Å². The normalized spacial score (nSPS) is 15.2. The van der Waals surface area contributed by atoms with Gasteiger partial charge in [-0.05, 0) is 119 Å². The molecule has 28 heavy (non-hydrogen) atoms. The standard InChI is InChI=1S/C28H44/c1-12-13-20(5)27(16-22(7)24(9)18(2)3)17-23(8)26(11)28-21(6)15-14-19(4)25(28)10/h14-16,23,26H,12-13,17H2,1-11H3. The van der Waals surface area contributed by atoms with Crippen molar-refractivity contribution in [2.24, 2.45) is 5.92 Å². The van der Waals surface area contributed by atoms with Crippen LogP contribution < -0.4 is 0 Å². The summed E-state index contributed by atoms with van der Waals surface area (Å²) in [5, 5.41) is 0. The monoisotopic (exact) mass is 380 g/mol. The van der Waals surface area contributed by atoms with Crippen LogP contribution >= 0.6 is 0 Å². The topological polar surface area (TPSA) is 0 Å². The first-order chi connectivity index (χ1) is 13.0. The summed E-state index contributed by atoms with van der Waals surface area (Å²) in [6.45, 7) is 25.2. The van der Waals surface area contributed by atoms with E-state index in [0.717, 1.165) is 6.42 Å². The SMILES string of the molecule is CCCC(C)=C(C=C(C)C(C)=C(C)C)CC(C)C(C)c1c(C)ccc(C)c1C. The van der Waals surface area contributed by atoms with Crippen molar-refractivity contribution in [2.75, 3.05) is 0 Å². The molecule has 0 spiro atoms. The Kier molecular flexibility index (Phi) is 9.48. The van der Waals surface area contributed by atoms with Crippen LogP contribution in [-0.2, 0) is 0 Å². The Hall–Kier alpha value is -1.56. The van der Waals surface area contributed by atoms with Crippen LogP contribution in [0.2, 0.25) is 0 Å². The van der Waals surface area contributed by atoms with E-state index in [1.165, 1.54) is 46.3 Å². The molecule has 0 nitrogen and oxygen atoms in total. The molecule has 2 unspecified atom stereocenters. The van der Waals surface area contributed by atoms with Crippen LogP contribution in [0.25, 0.3) is 0 Å². The molecule has 0 N–H and O–H groups in total. The zero-order chi connectivity index (χ0) is 21.6. The van der Waals surface area contributed by atoms with Crippen molar-refractivity contribution in [1.29, 1.82) is 0 Å². The summed E-state index contributed by atoms with van der Waals surface area (Å²) >= 11 is 0. The maximum atomic E-state index is 2.46. The average Bonchev–Trinajstić information content (AvgIpc) is 2.63. The molecule has 1 aromatic carbocycles. The Labute approximate surface area is 175 Å². The van der Waals surface area contributed by atoms with Crippen LogP contribution in [0.4, 0.5) is 0 Å². The first-order valence-corrected chi connectivity index (χ1v) is 11.1. The molecular formula is C28H44. The summed E-state index contributed by atoms with van der Waals surface area (Å²) in [5.41, 5.74) is 13.2. The van der Waals surface area contributed by atoms with Crippen molar-refractivity contribution in [1.82, 2.24) is 0 Å². The lowest BCUT2D eigenvalue weighted by Crippen LogP contribution is -2.11. The minimum Gasteiger partial charge on any atom is -0.0732 e. The van der Waals surface area contributed by atoms with Gasteiger partial charge in [0, 0.05) is 0 Å². The van der Waals surface area contributed by atoms with Crippen molar-refractivity contribution in [2.45, 2.75) is 101 Å². The van der Waals surface area contributed by atoms with Gasteiger partial charge in [-0.3, -0.25) is 0 Å². The zero-order valence-electron chi connectivity index (χ0n) is 20.5. The molecule has 1 rings (SSSR count). The van der Waals surface area contributed by atoms with E-state index in [1.807, 2.05) is 0 Å². The first-order valence-electron chi connectivity index (χ1n) is 11.1. The second-order valence-electron chi connectivity index (χ2n) is 9.22. The molecule has 0 radical (unpaired) electrons. The summed E-state index contributed by atoms with van der Waals surface area (Å²) < 4.78 is 0. The fraction of sp³-hybridized carbons (Fsp3) is 0.571. The minimum absolute atomic E-state index is 0.558. The van der Waals surface area contributed by atoms with E-state index < -0.39 is 0 Å². The van der Waals surface area contributed by atoms with Gasteiger partial charge in [0.25, 0.3) is 0 Å². The van der Waals surface area contributed by atoms with Crippen LogP contribution in [0.3, 0.4) is 0 Å². The highest BCUT2D eigenvalue weighted by molar-refractivity contribution is 5.42. The summed E-state index contributed by atoms with van der Waals surface area (Å²) in [6.07, 6.45) is 6.01. The van der Waals surface area contributed by atoms with Gasteiger partial charge in [0.15, 0.2) is 0 Å². The van der Waals surface area contributed by atoms with Gasteiger partial charge < -0.3 is 0 Å². The highest BCUT2D eigenvalue weighted by atomic mass is 14.3. The number of benzene rings is 1. The van der Waals surface area contributed by atoms with E-state index >= 15 is 0 Å². The van der Waals surface area contributed by atoms with Crippen LogP contribution in [0.1, 0.15) is 103 Å². The Balaban J connectivity index is 3.27. The smallest absolute Gasteiger partial charge is 0.0156 e. The Morgan fingerprint density at radius 3 is 2.04 bits per heavy atom. The molecule has 2 atom stereocenters. The molecule has 0 amide bonds. The van der Waals surface area contributed by atoms with Gasteiger partial charge in [-0.1, -0.05) is 56.5 Å². The first kappa shape index (κ1) is 24.5. The molecule has 1 aromatic rings. The van der Waals surface area contributed by atoms with Crippen LogP contribution in [0.5, 0.6) is 0 Å². The lowest BCUT2D eigenvalue weighted by Gasteiger charge is -2.26. The predicted molar refractivity (Wildman–Crippen MR) is 128 cm³/mol. The van der Waals surface area contributed by atoms with E-state index in [9.17, 15) is 0 Å². The Morgan fingerprint density at radius 2 is 1.50 bits per heavy atom. The van der Waals surface area contributed by atoms with E-state index in [1.54, 1.807) is 16.7 Å². The molecule has 0 aliphatic carbocycles. The number of rotatable bonds is 8. The number of allylic oxidation sites excluding steroid dienone is 6. The van der Waals surface area contributed by atoms with Gasteiger partial charge >= 0.3 is 0 Å². The number of hydrogen-bond acceptors (Lipinski definition) is 0. The summed E-state index contributed by atoms with van der Waals surface area (Å²) in [7, 11) is 0. The van der Waals surface area contributed by atoms with Gasteiger partial charge in [0.2, 0.25) is 0 Å². The van der Waals surface area contributed by atoms with Gasteiger partial charge in [0.05, 0.1) is 0 Å². The molecular weight excluding hydrogens is 336 g/mol. The van der Waals surface area contributed by atoms with Gasteiger partial charge in [-0.15, -0.1) is 0 Å². The van der Waals surface area contributed by atoms with Gasteiger partial charge in [-0.25, -0.2) is 0 Å². The molecule has 0 aliphatic heterocycles. The van der Waals surface area contributed by atoms with E-state index in [0.29, 0.717) is 11.8 Å². The Bertz CT molecular complexity index is 763. The van der Waals surface area contributed by atoms with Crippen molar-refractivity contribution < 1.29 is 0 Å². The lowest BCUT2D eigenvalue weighted by atomic mass is 9.79. The molecule has 0 saturated carbocycles. The molecule has 0 heterocycles. The quantitative estimate of drug-likeness (QED) is 0.394. The molecule has 0 aromatic heterocycles. The van der Waals surface area contributed by atoms with Crippen LogP contribution in [-0.4, -0.2) is 0 Å². The number of hydrogen-bond donors (Lipinski definition) is 0. The largest absolute Gasteiger partial charge is 0.0732 e. The van der Waals surface area contributed by atoms with E-state index in [-0.39, 0.29) is 0 Å². The lowest BCUT2D eigenvalue weighted by molar-refractivity contribution is 0.481. The predicted octanol–water partition coefficient (Wildman–Crippen LogP) is 9.16. The van der Waals surface area contributed by atoms with E-state index in [4.69, 9.17) is 0 Å². The van der Waals surface area contributed by atoms with Crippen molar-refractivity contribution in [3.63, 3.8) is 0 Å². The summed E-state index contributed by atoms with van der Waals surface area (Å²) in [4.78, 5) is 0. The molecule has 0 fully saturated rings. The molecule has 0 saturated heterocycles. The second-order valence-corrected chi connectivity index (χ2v) is 9.22. The highest BCUT2D eigenvalue weighted by Crippen LogP contribution is 2.35. The Morgan fingerprint density at radius 1 is 0.929 bits per heavy atom. The van der Waals surface area contributed by atoms with Gasteiger partial charge in [-0.2, -0.15) is 0 Å². The zero-order valence-corrected chi connectivity index (χ0v) is 20.5. The van der Waals surface area contributed by atoms with Crippen molar-refractivity contribution in [3.05, 3.63) is 68.3 Å². The molecule has 0 bridgehead atoms. The molecule has 0 heteroatoms. The third kappa shape index (κ3) is 6.23. The fourth-order valence-corrected chi connectivity index (χ4v) is 4.14. The maximum Gasteiger partial charge on any atom is -0.0156 e. The fourth-order valence-electron chi connectivity index (χ4n) is 4.14.